The van der Waals surface area contributed by atoms with Crippen LogP contribution in [0.2, 0.25) is 0 Å². The summed E-state index contributed by atoms with van der Waals surface area (Å²) < 4.78 is 32.5. The van der Waals surface area contributed by atoms with Gasteiger partial charge in [-0.1, -0.05) is 18.2 Å². The predicted octanol–water partition coefficient (Wildman–Crippen LogP) is 3.58. The van der Waals surface area contributed by atoms with Crippen molar-refractivity contribution >= 4 is 33.1 Å². The third-order valence-corrected chi connectivity index (χ3v) is 8.50. The first-order chi connectivity index (χ1) is 13.7. The number of thiophene rings is 1. The van der Waals surface area contributed by atoms with Crippen LogP contribution in [-0.2, 0) is 19.6 Å². The Balaban J connectivity index is 1.65. The number of nitrogens with zero attached hydrogens (tertiary/aromatic N) is 1. The van der Waals surface area contributed by atoms with Crippen molar-refractivity contribution in [3.63, 3.8) is 0 Å². The lowest BCUT2D eigenvalue weighted by Gasteiger charge is -2.30. The molecule has 6 nitrogen and oxygen atoms in total. The zero-order valence-corrected chi connectivity index (χ0v) is 18.4. The van der Waals surface area contributed by atoms with Crippen molar-refractivity contribution in [2.24, 2.45) is 5.92 Å². The van der Waals surface area contributed by atoms with Gasteiger partial charge in [0.25, 0.3) is 10.0 Å². The van der Waals surface area contributed by atoms with E-state index in [4.69, 9.17) is 4.74 Å². The van der Waals surface area contributed by atoms with Gasteiger partial charge in [0, 0.05) is 18.7 Å². The minimum atomic E-state index is -3.60. The van der Waals surface area contributed by atoms with E-state index < -0.39 is 28.0 Å². The number of rotatable bonds is 6. The number of ketones is 1. The second-order valence-corrected chi connectivity index (χ2v) is 10.5. The van der Waals surface area contributed by atoms with E-state index in [0.717, 1.165) is 22.5 Å². The fourth-order valence-electron chi connectivity index (χ4n) is 3.34. The van der Waals surface area contributed by atoms with Gasteiger partial charge in [-0.3, -0.25) is 9.59 Å². The molecule has 2 unspecified atom stereocenters. The number of carbonyl (C=O) groups is 2. The van der Waals surface area contributed by atoms with E-state index in [-0.39, 0.29) is 16.5 Å². The van der Waals surface area contributed by atoms with E-state index in [2.05, 4.69) is 0 Å². The molecule has 2 aromatic rings. The first-order valence-corrected chi connectivity index (χ1v) is 11.9. The molecule has 0 spiro atoms. The lowest BCUT2D eigenvalue weighted by molar-refractivity contribution is -0.152. The number of piperidine rings is 1. The number of sulfonamides is 1. The van der Waals surface area contributed by atoms with Crippen LogP contribution in [0.3, 0.4) is 0 Å². The Bertz CT molecular complexity index is 998. The topological polar surface area (TPSA) is 80.8 Å². The van der Waals surface area contributed by atoms with Crippen LogP contribution in [0.5, 0.6) is 0 Å². The highest BCUT2D eigenvalue weighted by atomic mass is 32.2. The minimum absolute atomic E-state index is 0.0730. The van der Waals surface area contributed by atoms with Gasteiger partial charge in [0.1, 0.15) is 4.21 Å². The summed E-state index contributed by atoms with van der Waals surface area (Å²) in [4.78, 5) is 25.3. The molecule has 29 heavy (non-hydrogen) atoms. The smallest absolute Gasteiger partial charge is 0.310 e. The highest BCUT2D eigenvalue weighted by Crippen LogP contribution is 2.27. The monoisotopic (exact) mass is 435 g/mol. The molecule has 0 N–H and O–H groups in total. The molecule has 1 aromatic carbocycles. The van der Waals surface area contributed by atoms with Gasteiger partial charge in [-0.15, -0.1) is 11.3 Å². The van der Waals surface area contributed by atoms with Crippen LogP contribution in [0.15, 0.2) is 39.9 Å². The van der Waals surface area contributed by atoms with E-state index in [1.54, 1.807) is 36.6 Å². The Morgan fingerprint density at radius 2 is 1.97 bits per heavy atom. The molecule has 1 saturated heterocycles. The van der Waals surface area contributed by atoms with Crippen LogP contribution in [0.25, 0.3) is 0 Å². The maximum atomic E-state index is 12.7. The fraction of sp³-hybridized carbons (Fsp3) is 0.429. The molecule has 0 aliphatic carbocycles. The van der Waals surface area contributed by atoms with Gasteiger partial charge in [-0.2, -0.15) is 4.31 Å². The van der Waals surface area contributed by atoms with E-state index >= 15 is 0 Å². The van der Waals surface area contributed by atoms with E-state index in [9.17, 15) is 18.0 Å². The zero-order chi connectivity index (χ0) is 21.2. The molecule has 2 atom stereocenters. The average Bonchev–Trinajstić information content (AvgIpc) is 3.25. The van der Waals surface area contributed by atoms with Gasteiger partial charge in [0.05, 0.1) is 5.92 Å². The number of carbonyl (C=O) groups excluding carboxylic acids is 2. The number of hydrogen-bond acceptors (Lipinski definition) is 6. The maximum absolute atomic E-state index is 12.7. The van der Waals surface area contributed by atoms with Gasteiger partial charge in [-0.25, -0.2) is 8.42 Å². The zero-order valence-electron chi connectivity index (χ0n) is 16.8. The molecule has 8 heteroatoms. The van der Waals surface area contributed by atoms with Crippen molar-refractivity contribution in [3.8, 4) is 0 Å². The Hall–Kier alpha value is -2.03. The summed E-state index contributed by atoms with van der Waals surface area (Å²) in [6.45, 7) is 5.89. The van der Waals surface area contributed by atoms with Crippen LogP contribution in [-0.4, -0.2) is 43.7 Å². The number of esters is 1. The largest absolute Gasteiger partial charge is 0.454 e. The van der Waals surface area contributed by atoms with Crippen LogP contribution in [0.1, 0.15) is 41.3 Å². The molecule has 2 heterocycles. The lowest BCUT2D eigenvalue weighted by Crippen LogP contribution is -2.43. The van der Waals surface area contributed by atoms with Crippen molar-refractivity contribution in [1.82, 2.24) is 4.31 Å². The molecule has 0 amide bonds. The van der Waals surface area contributed by atoms with Gasteiger partial charge >= 0.3 is 5.97 Å². The highest BCUT2D eigenvalue weighted by Gasteiger charge is 2.35. The normalized spacial score (nSPS) is 18.9. The van der Waals surface area contributed by atoms with Crippen molar-refractivity contribution in [2.75, 3.05) is 13.1 Å². The summed E-state index contributed by atoms with van der Waals surface area (Å²) in [6, 6.07) is 8.63. The summed E-state index contributed by atoms with van der Waals surface area (Å²) in [5.41, 5.74) is 2.58. The quantitative estimate of drug-likeness (QED) is 0.512. The Kier molecular flexibility index (Phi) is 6.55. The first kappa shape index (κ1) is 21.7. The Labute approximate surface area is 175 Å². The second kappa shape index (κ2) is 8.77. The fourth-order valence-corrected chi connectivity index (χ4v) is 6.01. The van der Waals surface area contributed by atoms with Crippen LogP contribution >= 0.6 is 11.3 Å². The molecule has 1 aliphatic rings. The molecule has 1 aromatic heterocycles. The van der Waals surface area contributed by atoms with E-state index in [1.165, 1.54) is 4.31 Å². The van der Waals surface area contributed by atoms with Crippen molar-refractivity contribution in [2.45, 2.75) is 43.9 Å². The van der Waals surface area contributed by atoms with Crippen molar-refractivity contribution < 1.29 is 22.7 Å². The third-order valence-electron chi connectivity index (χ3n) is 5.26. The number of hydrogen-bond donors (Lipinski definition) is 0. The Morgan fingerprint density at radius 1 is 1.21 bits per heavy atom. The summed E-state index contributed by atoms with van der Waals surface area (Å²) in [6.07, 6.45) is 0.192. The van der Waals surface area contributed by atoms with Crippen LogP contribution in [0, 0.1) is 19.8 Å². The van der Waals surface area contributed by atoms with E-state index in [1.807, 2.05) is 19.9 Å². The van der Waals surface area contributed by atoms with Gasteiger partial charge < -0.3 is 4.74 Å². The van der Waals surface area contributed by atoms with Gasteiger partial charge in [0.2, 0.25) is 5.78 Å². The molecule has 0 radical (unpaired) electrons. The molecular formula is C21H25NO5S2. The molecule has 156 valence electrons. The summed E-state index contributed by atoms with van der Waals surface area (Å²) in [5, 5.41) is 1.71. The lowest BCUT2D eigenvalue weighted by atomic mass is 9.99. The second-order valence-electron chi connectivity index (χ2n) is 7.38. The number of benzene rings is 1. The predicted molar refractivity (Wildman–Crippen MR) is 112 cm³/mol. The number of ether oxygens (including phenoxy) is 1. The summed E-state index contributed by atoms with van der Waals surface area (Å²) in [7, 11) is -3.60. The van der Waals surface area contributed by atoms with Gasteiger partial charge in [0.15, 0.2) is 6.10 Å². The molecule has 0 bridgehead atoms. The van der Waals surface area contributed by atoms with Crippen LogP contribution in [0.4, 0.5) is 0 Å². The molecule has 1 aliphatic heterocycles. The Morgan fingerprint density at radius 3 is 2.62 bits per heavy atom. The standard InChI is InChI=1S/C21H25NO5S2/c1-14-8-9-17(12-15(14)2)20(23)16(3)27-21(24)18-6-4-10-22(13-18)29(25,26)19-7-5-11-28-19/h5,7-9,11-12,16,18H,4,6,10,13H2,1-3H3. The minimum Gasteiger partial charge on any atom is -0.454 e. The summed E-state index contributed by atoms with van der Waals surface area (Å²) >= 11 is 1.16. The number of aryl methyl sites for hydroxylation is 2. The maximum Gasteiger partial charge on any atom is 0.310 e. The molecule has 3 rings (SSSR count). The molecule has 0 saturated carbocycles. The van der Waals surface area contributed by atoms with Crippen molar-refractivity contribution in [3.05, 3.63) is 52.4 Å². The average molecular weight is 436 g/mol. The highest BCUT2D eigenvalue weighted by molar-refractivity contribution is 7.91. The van der Waals surface area contributed by atoms with Crippen LogP contribution < -0.4 is 0 Å². The molecular weight excluding hydrogens is 410 g/mol. The van der Waals surface area contributed by atoms with Gasteiger partial charge in [-0.05, 0) is 62.3 Å². The molecule has 1 fully saturated rings. The SMILES string of the molecule is Cc1ccc(C(=O)C(C)OC(=O)C2CCCN(S(=O)(=O)c3cccs3)C2)cc1C. The van der Waals surface area contributed by atoms with Crippen molar-refractivity contribution in [1.29, 1.82) is 0 Å². The third kappa shape index (κ3) is 4.76. The van der Waals surface area contributed by atoms with E-state index in [0.29, 0.717) is 24.9 Å². The number of Topliss-reactive ketones (excluding diaryl/α,β-unsaturated/α-hetero) is 1. The summed E-state index contributed by atoms with van der Waals surface area (Å²) in [5.74, 6) is -1.37. The first-order valence-electron chi connectivity index (χ1n) is 9.55.